The Hall–Kier alpha value is -2.53. The van der Waals surface area contributed by atoms with Gasteiger partial charge in [-0.1, -0.05) is 24.3 Å². The van der Waals surface area contributed by atoms with Gasteiger partial charge in [-0.2, -0.15) is 0 Å². The van der Waals surface area contributed by atoms with Crippen molar-refractivity contribution in [3.8, 4) is 11.5 Å². The summed E-state index contributed by atoms with van der Waals surface area (Å²) < 4.78 is 11.3. The molecule has 0 saturated heterocycles. The van der Waals surface area contributed by atoms with Crippen molar-refractivity contribution in [2.75, 3.05) is 18.5 Å². The second-order valence-corrected chi connectivity index (χ2v) is 6.07. The van der Waals surface area contributed by atoms with Gasteiger partial charge in [-0.15, -0.1) is 0 Å². The molecule has 0 heterocycles. The van der Waals surface area contributed by atoms with E-state index in [1.807, 2.05) is 55.5 Å². The maximum absolute atomic E-state index is 12.0. The summed E-state index contributed by atoms with van der Waals surface area (Å²) in [5.41, 5.74) is 1.90. The maximum atomic E-state index is 12.0. The first-order valence-corrected chi connectivity index (χ1v) is 8.71. The van der Waals surface area contributed by atoms with Crippen LogP contribution in [-0.4, -0.2) is 25.2 Å². The van der Waals surface area contributed by atoms with E-state index in [9.17, 15) is 4.79 Å². The normalized spacial score (nSPS) is 13.3. The zero-order valence-corrected chi connectivity index (χ0v) is 14.5. The number of amides is 1. The molecule has 1 amide bonds. The molecule has 132 valence electrons. The minimum atomic E-state index is -0.201. The van der Waals surface area contributed by atoms with Gasteiger partial charge in [0.2, 0.25) is 0 Å². The van der Waals surface area contributed by atoms with Crippen LogP contribution < -0.4 is 20.1 Å². The molecule has 25 heavy (non-hydrogen) atoms. The highest BCUT2D eigenvalue weighted by molar-refractivity contribution is 5.91. The second-order valence-electron chi connectivity index (χ2n) is 6.07. The van der Waals surface area contributed by atoms with E-state index in [4.69, 9.17) is 9.47 Å². The zero-order valence-electron chi connectivity index (χ0n) is 14.5. The lowest BCUT2D eigenvalue weighted by Gasteiger charge is -2.14. The number of para-hydroxylation sites is 1. The van der Waals surface area contributed by atoms with Crippen LogP contribution in [0.25, 0.3) is 0 Å². The molecule has 3 rings (SSSR count). The summed E-state index contributed by atoms with van der Waals surface area (Å²) in [5.74, 6) is 1.05. The average Bonchev–Trinajstić information content (AvgIpc) is 3.45. The van der Waals surface area contributed by atoms with Crippen molar-refractivity contribution in [3.05, 3.63) is 54.1 Å². The van der Waals surface area contributed by atoms with E-state index in [-0.39, 0.29) is 12.5 Å². The van der Waals surface area contributed by atoms with Gasteiger partial charge in [0.25, 0.3) is 5.91 Å². The first-order valence-electron chi connectivity index (χ1n) is 8.71. The number of carbonyl (C=O) groups is 1. The van der Waals surface area contributed by atoms with Crippen molar-refractivity contribution in [3.63, 3.8) is 0 Å². The van der Waals surface area contributed by atoms with E-state index < -0.39 is 0 Å². The van der Waals surface area contributed by atoms with Gasteiger partial charge in [-0.3, -0.25) is 4.79 Å². The van der Waals surface area contributed by atoms with E-state index >= 15 is 0 Å². The number of carbonyl (C=O) groups excluding carboxylic acids is 1. The quantitative estimate of drug-likeness (QED) is 0.735. The van der Waals surface area contributed by atoms with Crippen LogP contribution in [0.3, 0.4) is 0 Å². The third kappa shape index (κ3) is 5.50. The van der Waals surface area contributed by atoms with E-state index in [0.29, 0.717) is 24.1 Å². The van der Waals surface area contributed by atoms with E-state index in [1.165, 1.54) is 12.8 Å². The fourth-order valence-electron chi connectivity index (χ4n) is 2.46. The van der Waals surface area contributed by atoms with Crippen molar-refractivity contribution >= 4 is 11.6 Å². The van der Waals surface area contributed by atoms with Gasteiger partial charge >= 0.3 is 0 Å². The Bertz CT molecular complexity index is 699. The lowest BCUT2D eigenvalue weighted by atomic mass is 10.2. The van der Waals surface area contributed by atoms with Gasteiger partial charge in [0.05, 0.1) is 6.61 Å². The molecular weight excluding hydrogens is 316 g/mol. The van der Waals surface area contributed by atoms with Gasteiger partial charge in [-0.05, 0) is 49.6 Å². The number of ether oxygens (including phenoxy) is 2. The molecule has 0 atom stereocenters. The maximum Gasteiger partial charge on any atom is 0.262 e. The average molecular weight is 340 g/mol. The van der Waals surface area contributed by atoms with Crippen LogP contribution in [0.2, 0.25) is 0 Å². The van der Waals surface area contributed by atoms with Gasteiger partial charge in [0, 0.05) is 18.3 Å². The van der Waals surface area contributed by atoms with Crippen molar-refractivity contribution in [2.24, 2.45) is 0 Å². The minimum Gasteiger partial charge on any atom is -0.490 e. The van der Waals surface area contributed by atoms with Gasteiger partial charge in [0.15, 0.2) is 18.1 Å². The van der Waals surface area contributed by atoms with E-state index in [1.54, 1.807) is 0 Å². The number of hydrogen-bond acceptors (Lipinski definition) is 4. The van der Waals surface area contributed by atoms with Crippen molar-refractivity contribution in [2.45, 2.75) is 32.4 Å². The molecule has 5 nitrogen and oxygen atoms in total. The molecule has 1 aliphatic carbocycles. The summed E-state index contributed by atoms with van der Waals surface area (Å²) in [6.07, 6.45) is 2.52. The Balaban J connectivity index is 1.57. The molecule has 2 aromatic rings. The predicted octanol–water partition coefficient (Wildman–Crippen LogP) is 3.35. The van der Waals surface area contributed by atoms with Crippen LogP contribution in [0.15, 0.2) is 48.5 Å². The zero-order chi connectivity index (χ0) is 17.5. The molecular formula is C20H24N2O3. The lowest BCUT2D eigenvalue weighted by molar-refractivity contribution is -0.118. The fraction of sp³-hybridized carbons (Fsp3) is 0.350. The molecule has 0 aliphatic heterocycles. The number of rotatable bonds is 9. The molecule has 0 aromatic heterocycles. The van der Waals surface area contributed by atoms with Crippen LogP contribution in [0.4, 0.5) is 5.69 Å². The summed E-state index contributed by atoms with van der Waals surface area (Å²) in [4.78, 5) is 12.0. The van der Waals surface area contributed by atoms with Crippen molar-refractivity contribution in [1.29, 1.82) is 0 Å². The molecule has 0 unspecified atom stereocenters. The van der Waals surface area contributed by atoms with Gasteiger partial charge < -0.3 is 20.1 Å². The van der Waals surface area contributed by atoms with E-state index in [2.05, 4.69) is 10.6 Å². The highest BCUT2D eigenvalue weighted by Crippen LogP contribution is 2.29. The standard InChI is InChI=1S/C20H24N2O3/c1-2-24-19-12-15(13-21-16-9-10-16)8-11-18(19)25-14-20(23)22-17-6-4-3-5-7-17/h3-8,11-12,16,21H,2,9-10,13-14H2,1H3,(H,22,23). The third-order valence-electron chi connectivity index (χ3n) is 3.90. The highest BCUT2D eigenvalue weighted by atomic mass is 16.5. The molecule has 0 radical (unpaired) electrons. The Morgan fingerprint density at radius 1 is 1.08 bits per heavy atom. The van der Waals surface area contributed by atoms with Crippen LogP contribution in [0.1, 0.15) is 25.3 Å². The van der Waals surface area contributed by atoms with Gasteiger partial charge in [0.1, 0.15) is 0 Å². The molecule has 2 aromatic carbocycles. The molecule has 1 fully saturated rings. The topological polar surface area (TPSA) is 59.6 Å². The van der Waals surface area contributed by atoms with Crippen LogP contribution in [-0.2, 0) is 11.3 Å². The summed E-state index contributed by atoms with van der Waals surface area (Å²) in [7, 11) is 0. The third-order valence-corrected chi connectivity index (χ3v) is 3.90. The number of nitrogens with one attached hydrogen (secondary N) is 2. The fourth-order valence-corrected chi connectivity index (χ4v) is 2.46. The Morgan fingerprint density at radius 2 is 1.88 bits per heavy atom. The Kier molecular flexibility index (Phi) is 5.90. The summed E-state index contributed by atoms with van der Waals surface area (Å²) in [6.45, 7) is 3.24. The molecule has 1 saturated carbocycles. The van der Waals surface area contributed by atoms with Crippen LogP contribution in [0, 0.1) is 0 Å². The van der Waals surface area contributed by atoms with E-state index in [0.717, 1.165) is 17.8 Å². The SMILES string of the molecule is CCOc1cc(CNC2CC2)ccc1OCC(=O)Nc1ccccc1. The lowest BCUT2D eigenvalue weighted by Crippen LogP contribution is -2.20. The predicted molar refractivity (Wildman–Crippen MR) is 98.0 cm³/mol. The number of hydrogen-bond donors (Lipinski definition) is 2. The van der Waals surface area contributed by atoms with Crippen LogP contribution >= 0.6 is 0 Å². The number of benzene rings is 2. The molecule has 0 bridgehead atoms. The largest absolute Gasteiger partial charge is 0.490 e. The smallest absolute Gasteiger partial charge is 0.262 e. The van der Waals surface area contributed by atoms with Gasteiger partial charge in [-0.25, -0.2) is 0 Å². The monoisotopic (exact) mass is 340 g/mol. The second kappa shape index (κ2) is 8.53. The Morgan fingerprint density at radius 3 is 2.60 bits per heavy atom. The van der Waals surface area contributed by atoms with Crippen LogP contribution in [0.5, 0.6) is 11.5 Å². The Labute approximate surface area is 148 Å². The summed E-state index contributed by atoms with van der Waals surface area (Å²) in [6, 6.07) is 15.8. The molecule has 5 heteroatoms. The summed E-state index contributed by atoms with van der Waals surface area (Å²) in [5, 5.41) is 6.28. The molecule has 2 N–H and O–H groups in total. The first kappa shape index (κ1) is 17.3. The summed E-state index contributed by atoms with van der Waals surface area (Å²) >= 11 is 0. The van der Waals surface area contributed by atoms with Crippen molar-refractivity contribution < 1.29 is 14.3 Å². The van der Waals surface area contributed by atoms with Crippen molar-refractivity contribution in [1.82, 2.24) is 5.32 Å². The number of anilines is 1. The minimum absolute atomic E-state index is 0.0609. The highest BCUT2D eigenvalue weighted by Gasteiger charge is 2.20. The molecule has 0 spiro atoms. The molecule has 1 aliphatic rings. The first-order chi connectivity index (χ1) is 12.2.